The second kappa shape index (κ2) is 7.31. The number of hydrogen-bond donors (Lipinski definition) is 2. The molecule has 4 aromatic heterocycles. The summed E-state index contributed by atoms with van der Waals surface area (Å²) in [7, 11) is 0. The Balaban J connectivity index is 1.64. The van der Waals surface area contributed by atoms with Crippen molar-refractivity contribution in [3.05, 3.63) is 53.5 Å². The quantitative estimate of drug-likeness (QED) is 0.486. The van der Waals surface area contributed by atoms with Crippen LogP contribution >= 0.6 is 11.5 Å². The number of furan rings is 1. The zero-order chi connectivity index (χ0) is 19.8. The Morgan fingerprint density at radius 2 is 2.31 bits per heavy atom. The number of hydrogen-bond acceptors (Lipinski definition) is 7. The van der Waals surface area contributed by atoms with E-state index in [-0.39, 0.29) is 5.88 Å². The first-order valence-corrected chi connectivity index (χ1v) is 10.2. The first-order valence-electron chi connectivity index (χ1n) is 9.47. The lowest BCUT2D eigenvalue weighted by Crippen LogP contribution is -2.29. The molecule has 8 nitrogen and oxygen atoms in total. The Labute approximate surface area is 171 Å². The maximum absolute atomic E-state index is 7.15. The molecule has 29 heavy (non-hydrogen) atoms. The molecule has 1 aliphatic rings. The molecule has 0 amide bonds. The highest BCUT2D eigenvalue weighted by Gasteiger charge is 2.21. The van der Waals surface area contributed by atoms with Gasteiger partial charge in [0, 0.05) is 29.7 Å². The van der Waals surface area contributed by atoms with E-state index in [2.05, 4.69) is 31.0 Å². The fourth-order valence-electron chi connectivity index (χ4n) is 3.66. The predicted octanol–water partition coefficient (Wildman–Crippen LogP) is 4.52. The van der Waals surface area contributed by atoms with Crippen molar-refractivity contribution in [1.29, 1.82) is 0 Å². The van der Waals surface area contributed by atoms with Crippen molar-refractivity contribution in [3.8, 4) is 11.1 Å². The van der Waals surface area contributed by atoms with Crippen LogP contribution < -0.4 is 10.6 Å². The van der Waals surface area contributed by atoms with Gasteiger partial charge in [-0.25, -0.2) is 4.98 Å². The summed E-state index contributed by atoms with van der Waals surface area (Å²) in [6.45, 7) is 11.1. The zero-order valence-electron chi connectivity index (χ0n) is 15.8. The third kappa shape index (κ3) is 3.37. The van der Waals surface area contributed by atoms with E-state index in [1.165, 1.54) is 11.5 Å². The molecule has 0 aromatic carbocycles. The number of nitrogens with one attached hydrogen (secondary N) is 2. The van der Waals surface area contributed by atoms with E-state index >= 15 is 0 Å². The monoisotopic (exact) mass is 405 g/mol. The number of rotatable bonds is 4. The van der Waals surface area contributed by atoms with Crippen LogP contribution in [0.25, 0.3) is 21.6 Å². The molecule has 0 radical (unpaired) electrons. The number of aromatic nitrogens is 4. The molecular weight excluding hydrogens is 386 g/mol. The largest absolute Gasteiger partial charge is 0.486 e. The third-order valence-electron chi connectivity index (χ3n) is 5.09. The van der Waals surface area contributed by atoms with Gasteiger partial charge in [-0.1, -0.05) is 0 Å². The Hall–Kier alpha value is -3.22. The van der Waals surface area contributed by atoms with Gasteiger partial charge in [0.25, 0.3) is 0 Å². The molecule has 9 heteroatoms. The molecule has 1 fully saturated rings. The van der Waals surface area contributed by atoms with Gasteiger partial charge in [-0.15, -0.1) is 0 Å². The molecule has 1 unspecified atom stereocenters. The highest BCUT2D eigenvalue weighted by molar-refractivity contribution is 7.10. The van der Waals surface area contributed by atoms with Gasteiger partial charge in [0.05, 0.1) is 30.4 Å². The van der Waals surface area contributed by atoms with Crippen LogP contribution in [0.15, 0.2) is 35.1 Å². The average molecular weight is 405 g/mol. The minimum absolute atomic E-state index is 0.255. The first-order chi connectivity index (χ1) is 14.2. The number of piperidine rings is 1. The van der Waals surface area contributed by atoms with Gasteiger partial charge in [-0.2, -0.15) is 18.8 Å². The van der Waals surface area contributed by atoms with Crippen LogP contribution in [-0.4, -0.2) is 32.1 Å². The molecule has 0 aliphatic carbocycles. The van der Waals surface area contributed by atoms with Crippen molar-refractivity contribution in [1.82, 2.24) is 24.3 Å². The van der Waals surface area contributed by atoms with E-state index < -0.39 is 0 Å². The fourth-order valence-corrected chi connectivity index (χ4v) is 4.33. The van der Waals surface area contributed by atoms with Crippen molar-refractivity contribution < 1.29 is 4.42 Å². The lowest BCUT2D eigenvalue weighted by Gasteiger charge is -2.23. The van der Waals surface area contributed by atoms with Crippen LogP contribution in [0.1, 0.15) is 30.1 Å². The molecule has 146 valence electrons. The molecule has 5 rings (SSSR count). The van der Waals surface area contributed by atoms with Gasteiger partial charge < -0.3 is 15.1 Å². The lowest BCUT2D eigenvalue weighted by atomic mass is 9.96. The van der Waals surface area contributed by atoms with Crippen molar-refractivity contribution >= 4 is 33.9 Å². The van der Waals surface area contributed by atoms with Gasteiger partial charge in [0.2, 0.25) is 0 Å². The van der Waals surface area contributed by atoms with Crippen molar-refractivity contribution in [2.24, 2.45) is 0 Å². The Kier molecular flexibility index (Phi) is 4.50. The maximum atomic E-state index is 7.15. The standard InChI is InChI=1S/C20H19N7OS/c1-12-6-19(29-26-12)25-17-8-16(13-4-3-5-22-9-13)24-20-15(10-23-27(17)20)14-7-18(21-2)28-11-14/h6-8,10-11,13,22,25H,3-5,9H2,1H3. The molecule has 0 saturated carbocycles. The number of anilines is 2. The highest BCUT2D eigenvalue weighted by atomic mass is 32.1. The smallest absolute Gasteiger partial charge is 0.346 e. The maximum Gasteiger partial charge on any atom is 0.346 e. The molecule has 1 aliphatic heterocycles. The second-order valence-electron chi connectivity index (χ2n) is 7.15. The normalized spacial score (nSPS) is 16.8. The van der Waals surface area contributed by atoms with Crippen LogP contribution in [0.4, 0.5) is 16.7 Å². The molecule has 1 atom stereocenters. The summed E-state index contributed by atoms with van der Waals surface area (Å²) in [6, 6.07) is 5.82. The lowest BCUT2D eigenvalue weighted by molar-refractivity contribution is 0.455. The summed E-state index contributed by atoms with van der Waals surface area (Å²) >= 11 is 1.42. The van der Waals surface area contributed by atoms with E-state index in [9.17, 15) is 0 Å². The summed E-state index contributed by atoms with van der Waals surface area (Å²) in [6.07, 6.45) is 5.59. The molecule has 2 N–H and O–H groups in total. The second-order valence-corrected chi connectivity index (χ2v) is 7.95. The summed E-state index contributed by atoms with van der Waals surface area (Å²) in [5.74, 6) is 1.45. The van der Waals surface area contributed by atoms with E-state index in [1.54, 1.807) is 23.0 Å². The number of aryl methyl sites for hydroxylation is 1. The Morgan fingerprint density at radius 1 is 1.38 bits per heavy atom. The molecule has 0 bridgehead atoms. The topological polar surface area (TPSA) is 84.6 Å². The molecular formula is C20H19N7OS. The van der Waals surface area contributed by atoms with Crippen LogP contribution in [0, 0.1) is 13.5 Å². The summed E-state index contributed by atoms with van der Waals surface area (Å²) in [5, 5.41) is 12.4. The van der Waals surface area contributed by atoms with Crippen molar-refractivity contribution in [2.45, 2.75) is 25.7 Å². The molecule has 0 spiro atoms. The Morgan fingerprint density at radius 3 is 3.03 bits per heavy atom. The third-order valence-corrected chi connectivity index (χ3v) is 5.89. The van der Waals surface area contributed by atoms with E-state index in [0.717, 1.165) is 64.9 Å². The molecule has 4 aromatic rings. The summed E-state index contributed by atoms with van der Waals surface area (Å²) in [5.41, 5.74) is 4.40. The summed E-state index contributed by atoms with van der Waals surface area (Å²) in [4.78, 5) is 8.32. The van der Waals surface area contributed by atoms with E-state index in [1.807, 2.05) is 13.0 Å². The van der Waals surface area contributed by atoms with Crippen molar-refractivity contribution in [3.63, 3.8) is 0 Å². The fraction of sp³-hybridized carbons (Fsp3) is 0.300. The van der Waals surface area contributed by atoms with Gasteiger partial charge in [0.15, 0.2) is 5.65 Å². The minimum atomic E-state index is 0.255. The molecule has 1 saturated heterocycles. The van der Waals surface area contributed by atoms with E-state index in [4.69, 9.17) is 16.0 Å². The zero-order valence-corrected chi connectivity index (χ0v) is 16.7. The predicted molar refractivity (Wildman–Crippen MR) is 112 cm³/mol. The molecule has 5 heterocycles. The SMILES string of the molecule is [C-]#[N+]c1cc(-c2cnn3c(Nc4cc(C)ns4)cc(C4CCCNC4)nc23)co1. The Bertz CT molecular complexity index is 1210. The van der Waals surface area contributed by atoms with Gasteiger partial charge in [-0.3, -0.25) is 0 Å². The van der Waals surface area contributed by atoms with Crippen LogP contribution in [0.3, 0.4) is 0 Å². The van der Waals surface area contributed by atoms with E-state index in [0.29, 0.717) is 5.92 Å². The van der Waals surface area contributed by atoms with Crippen LogP contribution in [-0.2, 0) is 0 Å². The van der Waals surface area contributed by atoms with Gasteiger partial charge >= 0.3 is 5.88 Å². The number of nitrogens with zero attached hydrogens (tertiary/aromatic N) is 5. The minimum Gasteiger partial charge on any atom is -0.486 e. The van der Waals surface area contributed by atoms with Crippen LogP contribution in [0.5, 0.6) is 0 Å². The van der Waals surface area contributed by atoms with Crippen molar-refractivity contribution in [2.75, 3.05) is 18.4 Å². The highest BCUT2D eigenvalue weighted by Crippen LogP contribution is 2.33. The van der Waals surface area contributed by atoms with Crippen LogP contribution in [0.2, 0.25) is 0 Å². The average Bonchev–Trinajstić information content (AvgIpc) is 3.48. The van der Waals surface area contributed by atoms with Gasteiger partial charge in [-0.05, 0) is 50.0 Å². The van der Waals surface area contributed by atoms with Gasteiger partial charge in [0.1, 0.15) is 10.8 Å². The first kappa shape index (κ1) is 17.8. The summed E-state index contributed by atoms with van der Waals surface area (Å²) < 4.78 is 11.5. The number of fused-ring (bicyclic) bond motifs is 1.